The largest absolute Gasteiger partial charge is 0.242 e. The second-order valence-corrected chi connectivity index (χ2v) is 16.3. The summed E-state index contributed by atoms with van der Waals surface area (Å²) in [5.41, 5.74) is 14.2. The molecule has 0 amide bonds. The molecule has 0 saturated heterocycles. The van der Waals surface area contributed by atoms with Crippen molar-refractivity contribution in [1.29, 1.82) is 0 Å². The van der Waals surface area contributed by atoms with Crippen molar-refractivity contribution in [3.8, 4) is 22.3 Å². The van der Waals surface area contributed by atoms with E-state index in [2.05, 4.69) is 139 Å². The van der Waals surface area contributed by atoms with Gasteiger partial charge in [-0.2, -0.15) is 8.75 Å². The van der Waals surface area contributed by atoms with Crippen LogP contribution in [0.1, 0.15) is 115 Å². The monoisotopic (exact) mass is 766 g/mol. The van der Waals surface area contributed by atoms with E-state index in [0.717, 1.165) is 15.5 Å². The molecule has 5 aromatic carbocycles. The van der Waals surface area contributed by atoms with Gasteiger partial charge in [-0.05, 0) is 62.7 Å². The number of nitrogens with zero attached hydrogens (tertiary/aromatic N) is 2. The Balaban J connectivity index is 1.44. The average molecular weight is 768 g/mol. The molecule has 0 spiro atoms. The van der Waals surface area contributed by atoms with Crippen molar-refractivity contribution in [3.63, 3.8) is 0 Å². The van der Waals surface area contributed by atoms with Gasteiger partial charge >= 0.3 is 0 Å². The third-order valence-corrected chi connectivity index (χ3v) is 12.8. The van der Waals surface area contributed by atoms with Crippen LogP contribution in [0.3, 0.4) is 0 Å². The lowest BCUT2D eigenvalue weighted by atomic mass is 9.36. The van der Waals surface area contributed by atoms with E-state index in [9.17, 15) is 0 Å². The van der Waals surface area contributed by atoms with E-state index in [4.69, 9.17) is 8.75 Å². The van der Waals surface area contributed by atoms with Crippen LogP contribution in [0, 0.1) is 0 Å². The minimum Gasteiger partial charge on any atom is -0.172 e. The van der Waals surface area contributed by atoms with Crippen LogP contribution in [0.15, 0.2) is 114 Å². The summed E-state index contributed by atoms with van der Waals surface area (Å²) < 4.78 is 10.7. The Labute approximate surface area is 325 Å². The van der Waals surface area contributed by atoms with Crippen molar-refractivity contribution < 1.29 is 0 Å². The first-order chi connectivity index (χ1) is 25.7. The van der Waals surface area contributed by atoms with Crippen LogP contribution in [0.4, 0.5) is 0 Å². The highest BCUT2D eigenvalue weighted by atomic mass is 79.9. The van der Waals surface area contributed by atoms with Crippen LogP contribution in [-0.2, 0) is 5.41 Å². The summed E-state index contributed by atoms with van der Waals surface area (Å²) in [4.78, 5) is 0. The Kier molecular flexibility index (Phi) is 12.4. The summed E-state index contributed by atoms with van der Waals surface area (Å²) >= 11 is 5.10. The molecule has 7 rings (SSSR count). The molecule has 0 bridgehead atoms. The molecule has 2 nitrogen and oxygen atoms in total. The Bertz CT molecular complexity index is 2000. The number of unbranched alkanes of at least 4 members (excludes halogenated alkanes) is 10. The van der Waals surface area contributed by atoms with Gasteiger partial charge in [0, 0.05) is 15.5 Å². The molecule has 1 aliphatic rings. The average Bonchev–Trinajstić information content (AvgIpc) is 3.78. The topological polar surface area (TPSA) is 25.8 Å². The Morgan fingerprint density at radius 1 is 0.519 bits per heavy atom. The molecule has 5 heteroatoms. The molecule has 1 heterocycles. The zero-order valence-corrected chi connectivity index (χ0v) is 33.5. The van der Waals surface area contributed by atoms with Gasteiger partial charge in [0.15, 0.2) is 0 Å². The maximum Gasteiger partial charge on any atom is 0.242 e. The third kappa shape index (κ3) is 7.59. The summed E-state index contributed by atoms with van der Waals surface area (Å²) in [5, 5.41) is 0. The van der Waals surface area contributed by atoms with Gasteiger partial charge in [-0.1, -0.05) is 210 Å². The van der Waals surface area contributed by atoms with Crippen LogP contribution in [-0.4, -0.2) is 15.5 Å². The van der Waals surface area contributed by atoms with E-state index in [1.54, 1.807) is 5.56 Å². The minimum absolute atomic E-state index is 0.00147. The van der Waals surface area contributed by atoms with Crippen molar-refractivity contribution in [1.82, 2.24) is 8.75 Å². The SMILES string of the molecule is CCCCCCCCC1(CCCCCCCC)c2ccccc2-c2cc(B(c3ccccc3)c3ccccc3)c(-c3ccc(Br)c4nsnc34)cc21. The predicted molar refractivity (Wildman–Crippen MR) is 230 cm³/mol. The highest BCUT2D eigenvalue weighted by molar-refractivity contribution is 9.10. The smallest absolute Gasteiger partial charge is 0.172 e. The zero-order valence-electron chi connectivity index (χ0n) is 31.0. The van der Waals surface area contributed by atoms with Crippen molar-refractivity contribution in [3.05, 3.63) is 125 Å². The molecule has 0 N–H and O–H groups in total. The number of hydrogen-bond acceptors (Lipinski definition) is 3. The fourth-order valence-electron chi connectivity index (χ4n) is 8.96. The molecule has 6 aromatic rings. The normalized spacial score (nSPS) is 13.0. The van der Waals surface area contributed by atoms with E-state index >= 15 is 0 Å². The van der Waals surface area contributed by atoms with Gasteiger partial charge in [0.2, 0.25) is 6.71 Å². The van der Waals surface area contributed by atoms with Crippen molar-refractivity contribution in [2.24, 2.45) is 0 Å². The highest BCUT2D eigenvalue weighted by Crippen LogP contribution is 2.55. The molecule has 0 saturated carbocycles. The standard InChI is InChI=1S/C47H52BBrN2S/c1-3-5-7-9-11-21-31-47(32-22-12-10-8-6-4-2)41-28-20-19-27-37(41)39-34-43(48(35-23-15-13-16-24-35)36-25-17-14-18-26-36)40(33-42(39)47)38-29-30-44(49)46-45(38)50-52-51-46/h13-20,23-30,33-34H,3-12,21-22,31-32H2,1-2H3. The summed E-state index contributed by atoms with van der Waals surface area (Å²) in [6, 6.07) is 41.3. The van der Waals surface area contributed by atoms with Crippen molar-refractivity contribution in [2.45, 2.75) is 109 Å². The number of hydrogen-bond donors (Lipinski definition) is 0. The van der Waals surface area contributed by atoms with E-state index in [0.29, 0.717) is 0 Å². The van der Waals surface area contributed by atoms with Gasteiger partial charge in [0.1, 0.15) is 11.0 Å². The van der Waals surface area contributed by atoms with Crippen LogP contribution in [0.25, 0.3) is 33.3 Å². The number of halogens is 1. The maximum atomic E-state index is 4.94. The number of rotatable bonds is 18. The highest BCUT2D eigenvalue weighted by Gasteiger charge is 2.43. The molecular weight excluding hydrogens is 715 g/mol. The van der Waals surface area contributed by atoms with E-state index in [-0.39, 0.29) is 12.1 Å². The lowest BCUT2D eigenvalue weighted by Crippen LogP contribution is -2.52. The maximum absolute atomic E-state index is 4.94. The molecular formula is C47H52BBrN2S. The van der Waals surface area contributed by atoms with Crippen molar-refractivity contribution >= 4 is 61.8 Å². The van der Waals surface area contributed by atoms with Gasteiger partial charge in [-0.15, -0.1) is 0 Å². The predicted octanol–water partition coefficient (Wildman–Crippen LogP) is 12.4. The number of benzene rings is 5. The molecule has 266 valence electrons. The number of fused-ring (bicyclic) bond motifs is 4. The summed E-state index contributed by atoms with van der Waals surface area (Å²) in [5.74, 6) is 0. The van der Waals surface area contributed by atoms with Crippen LogP contribution in [0.5, 0.6) is 0 Å². The molecule has 0 radical (unpaired) electrons. The summed E-state index contributed by atoms with van der Waals surface area (Å²) in [6.45, 7) is 4.69. The van der Waals surface area contributed by atoms with Crippen LogP contribution >= 0.6 is 27.7 Å². The van der Waals surface area contributed by atoms with Gasteiger partial charge in [0.25, 0.3) is 0 Å². The molecule has 0 unspecified atom stereocenters. The molecule has 0 atom stereocenters. The molecule has 0 aliphatic heterocycles. The minimum atomic E-state index is -0.00147. The first-order valence-electron chi connectivity index (χ1n) is 20.0. The molecule has 1 aliphatic carbocycles. The second-order valence-electron chi connectivity index (χ2n) is 15.0. The Morgan fingerprint density at radius 3 is 1.71 bits per heavy atom. The Hall–Kier alpha value is -3.54. The van der Waals surface area contributed by atoms with Crippen LogP contribution in [0.2, 0.25) is 0 Å². The van der Waals surface area contributed by atoms with Crippen LogP contribution < -0.4 is 16.4 Å². The van der Waals surface area contributed by atoms with E-state index < -0.39 is 0 Å². The van der Waals surface area contributed by atoms with E-state index in [1.807, 2.05) is 0 Å². The Morgan fingerprint density at radius 2 is 1.08 bits per heavy atom. The molecule has 1 aromatic heterocycles. The fourth-order valence-corrected chi connectivity index (χ4v) is 10.1. The van der Waals surface area contributed by atoms with Crippen molar-refractivity contribution in [2.75, 3.05) is 0 Å². The molecule has 0 fully saturated rings. The summed E-state index contributed by atoms with van der Waals surface area (Å²) in [6.07, 6.45) is 18.2. The van der Waals surface area contributed by atoms with Gasteiger partial charge in [-0.25, -0.2) is 0 Å². The van der Waals surface area contributed by atoms with E-state index in [1.165, 1.54) is 146 Å². The first-order valence-corrected chi connectivity index (χ1v) is 21.5. The second kappa shape index (κ2) is 17.5. The fraction of sp³-hybridized carbons (Fsp3) is 0.362. The van der Waals surface area contributed by atoms with Gasteiger partial charge < -0.3 is 0 Å². The quantitative estimate of drug-likeness (QED) is 0.0643. The first kappa shape index (κ1) is 36.8. The third-order valence-electron chi connectivity index (χ3n) is 11.6. The molecule has 52 heavy (non-hydrogen) atoms. The summed E-state index contributed by atoms with van der Waals surface area (Å²) in [7, 11) is 0. The van der Waals surface area contributed by atoms with Gasteiger partial charge in [0.05, 0.1) is 11.7 Å². The lowest BCUT2D eigenvalue weighted by Gasteiger charge is -2.34. The lowest BCUT2D eigenvalue weighted by molar-refractivity contribution is 0.398. The zero-order chi connectivity index (χ0) is 35.8. The van der Waals surface area contributed by atoms with Gasteiger partial charge in [-0.3, -0.25) is 0 Å². The number of aromatic nitrogens is 2.